The second-order valence-electron chi connectivity index (χ2n) is 6.83. The molecule has 0 saturated heterocycles. The van der Waals surface area contributed by atoms with Crippen LogP contribution >= 0.6 is 11.3 Å². The topological polar surface area (TPSA) is 114 Å². The van der Waals surface area contributed by atoms with Crippen LogP contribution < -0.4 is 10.1 Å². The molecular weight excluding hydrogens is 436 g/mol. The maximum Gasteiger partial charge on any atom is 0.296 e. The van der Waals surface area contributed by atoms with Crippen LogP contribution in [0.2, 0.25) is 0 Å². The molecule has 0 spiro atoms. The fraction of sp³-hybridized carbons (Fsp3) is 0.0833. The van der Waals surface area contributed by atoms with Gasteiger partial charge in [0.25, 0.3) is 11.1 Å². The largest absolute Gasteiger partial charge is 0.462 e. The number of amides is 1. The van der Waals surface area contributed by atoms with Crippen molar-refractivity contribution in [3.8, 4) is 34.7 Å². The Bertz CT molecular complexity index is 1400. The molecule has 9 heteroatoms. The van der Waals surface area contributed by atoms with E-state index in [-0.39, 0.29) is 22.8 Å². The lowest BCUT2D eigenvalue weighted by Gasteiger charge is -2.11. The minimum Gasteiger partial charge on any atom is -0.462 e. The molecule has 4 aromatic rings. The van der Waals surface area contributed by atoms with E-state index < -0.39 is 0 Å². The van der Waals surface area contributed by atoms with Gasteiger partial charge < -0.3 is 4.74 Å². The molecule has 33 heavy (non-hydrogen) atoms. The molecule has 0 aliphatic carbocycles. The number of nitrogens with zero attached hydrogens (tertiary/aromatic N) is 5. The fourth-order valence-electron chi connectivity index (χ4n) is 3.00. The number of carbonyl (C=O) groups excluding carboxylic acids is 1. The van der Waals surface area contributed by atoms with Crippen LogP contribution in [-0.4, -0.2) is 26.1 Å². The third kappa shape index (κ3) is 5.01. The molecule has 0 atom stereocenters. The van der Waals surface area contributed by atoms with E-state index in [9.17, 15) is 4.79 Å². The number of ether oxygens (including phenoxy) is 1. The van der Waals surface area contributed by atoms with Crippen molar-refractivity contribution in [3.63, 3.8) is 0 Å². The van der Waals surface area contributed by atoms with Crippen LogP contribution in [0.4, 0.5) is 5.13 Å². The van der Waals surface area contributed by atoms with Crippen LogP contribution in [0.25, 0.3) is 11.1 Å². The predicted octanol–water partition coefficient (Wildman–Crippen LogP) is 3.99. The zero-order chi connectivity index (χ0) is 23.2. The number of aromatic nitrogens is 4. The van der Waals surface area contributed by atoms with E-state index in [2.05, 4.69) is 31.4 Å². The molecule has 1 aromatic carbocycles. The van der Waals surface area contributed by atoms with Crippen LogP contribution in [0.1, 0.15) is 32.9 Å². The van der Waals surface area contributed by atoms with E-state index >= 15 is 0 Å². The smallest absolute Gasteiger partial charge is 0.296 e. The Kier molecular flexibility index (Phi) is 6.35. The van der Waals surface area contributed by atoms with Crippen LogP contribution in [0.15, 0.2) is 54.9 Å². The van der Waals surface area contributed by atoms with Crippen molar-refractivity contribution in [3.05, 3.63) is 82.9 Å². The summed E-state index contributed by atoms with van der Waals surface area (Å²) in [5, 5.41) is 20.0. The van der Waals surface area contributed by atoms with E-state index in [1.807, 2.05) is 43.3 Å². The zero-order valence-electron chi connectivity index (χ0n) is 17.4. The molecule has 4 rings (SSSR count). The molecule has 160 valence electrons. The first-order valence-corrected chi connectivity index (χ1v) is 10.5. The van der Waals surface area contributed by atoms with E-state index in [1.165, 1.54) is 12.4 Å². The molecule has 1 amide bonds. The first-order chi connectivity index (χ1) is 16.1. The minimum absolute atomic E-state index is 0.156. The monoisotopic (exact) mass is 452 g/mol. The third-order valence-electron chi connectivity index (χ3n) is 4.58. The lowest BCUT2D eigenvalue weighted by atomic mass is 9.96. The van der Waals surface area contributed by atoms with Gasteiger partial charge in [0.1, 0.15) is 12.7 Å². The predicted molar refractivity (Wildman–Crippen MR) is 123 cm³/mol. The summed E-state index contributed by atoms with van der Waals surface area (Å²) in [6.45, 7) is 2.00. The molecule has 0 fully saturated rings. The highest BCUT2D eigenvalue weighted by atomic mass is 32.1. The van der Waals surface area contributed by atoms with E-state index in [1.54, 1.807) is 12.1 Å². The molecular formula is C24H16N6O2S. The molecule has 0 bridgehead atoms. The first kappa shape index (κ1) is 21.6. The maximum atomic E-state index is 13.0. The SMILES string of the molecule is C#Cc1ccccc1-c1cc(C)ncc1C(=O)Nc1nnc(OCc2ccc(C#N)cn2)s1. The average Bonchev–Trinajstić information content (AvgIpc) is 3.30. The highest BCUT2D eigenvalue weighted by Crippen LogP contribution is 2.29. The molecule has 0 saturated carbocycles. The second-order valence-corrected chi connectivity index (χ2v) is 7.77. The van der Waals surface area contributed by atoms with Crippen molar-refractivity contribution in [2.24, 2.45) is 0 Å². The number of anilines is 1. The molecule has 1 N–H and O–H groups in total. The number of rotatable bonds is 6. The summed E-state index contributed by atoms with van der Waals surface area (Å²) in [4.78, 5) is 21.4. The van der Waals surface area contributed by atoms with Crippen molar-refractivity contribution in [2.75, 3.05) is 5.32 Å². The summed E-state index contributed by atoms with van der Waals surface area (Å²) < 4.78 is 5.59. The van der Waals surface area contributed by atoms with Gasteiger partial charge in [-0.25, -0.2) is 0 Å². The molecule has 0 unspecified atom stereocenters. The van der Waals surface area contributed by atoms with Crippen LogP contribution in [0.5, 0.6) is 5.19 Å². The number of nitrogens with one attached hydrogen (secondary N) is 1. The van der Waals surface area contributed by atoms with Gasteiger partial charge in [-0.2, -0.15) is 5.26 Å². The molecule has 0 radical (unpaired) electrons. The van der Waals surface area contributed by atoms with Gasteiger partial charge in [-0.05, 0) is 53.7 Å². The normalized spacial score (nSPS) is 10.2. The van der Waals surface area contributed by atoms with Crippen LogP contribution in [0.3, 0.4) is 0 Å². The quantitative estimate of drug-likeness (QED) is 0.440. The van der Waals surface area contributed by atoms with Gasteiger partial charge in [-0.1, -0.05) is 29.2 Å². The highest BCUT2D eigenvalue weighted by molar-refractivity contribution is 7.17. The van der Waals surface area contributed by atoms with Gasteiger partial charge in [0.15, 0.2) is 0 Å². The molecule has 0 aliphatic heterocycles. The summed E-state index contributed by atoms with van der Waals surface area (Å²) in [7, 11) is 0. The second kappa shape index (κ2) is 9.69. The Morgan fingerprint density at radius 2 is 2.00 bits per heavy atom. The van der Waals surface area contributed by atoms with E-state index in [0.29, 0.717) is 27.9 Å². The van der Waals surface area contributed by atoms with Crippen molar-refractivity contribution in [2.45, 2.75) is 13.5 Å². The summed E-state index contributed by atoms with van der Waals surface area (Å²) in [5.74, 6) is 2.27. The lowest BCUT2D eigenvalue weighted by molar-refractivity contribution is 0.102. The van der Waals surface area contributed by atoms with Crippen molar-refractivity contribution in [1.82, 2.24) is 20.2 Å². The zero-order valence-corrected chi connectivity index (χ0v) is 18.3. The maximum absolute atomic E-state index is 13.0. The van der Waals surface area contributed by atoms with Crippen LogP contribution in [-0.2, 0) is 6.61 Å². The Hall–Kier alpha value is -4.60. The number of terminal acetylenes is 1. The Morgan fingerprint density at radius 1 is 1.15 bits per heavy atom. The van der Waals surface area contributed by atoms with Gasteiger partial charge in [0, 0.05) is 23.7 Å². The molecule has 8 nitrogen and oxygen atoms in total. The first-order valence-electron chi connectivity index (χ1n) is 9.72. The fourth-order valence-corrected chi connectivity index (χ4v) is 3.59. The third-order valence-corrected chi connectivity index (χ3v) is 5.33. The van der Waals surface area contributed by atoms with E-state index in [0.717, 1.165) is 22.6 Å². The van der Waals surface area contributed by atoms with Crippen molar-refractivity contribution in [1.29, 1.82) is 5.26 Å². The lowest BCUT2D eigenvalue weighted by Crippen LogP contribution is -2.14. The van der Waals surface area contributed by atoms with Gasteiger partial charge in [-0.15, -0.1) is 11.5 Å². The Morgan fingerprint density at radius 3 is 2.76 bits per heavy atom. The van der Waals surface area contributed by atoms with E-state index in [4.69, 9.17) is 16.4 Å². The number of carbonyl (C=O) groups is 1. The molecule has 3 heterocycles. The Balaban J connectivity index is 1.50. The van der Waals surface area contributed by atoms with Gasteiger partial charge in [0.05, 0.1) is 16.8 Å². The van der Waals surface area contributed by atoms with Crippen LogP contribution in [0, 0.1) is 30.6 Å². The number of hydrogen-bond donors (Lipinski definition) is 1. The Labute approximate surface area is 193 Å². The number of benzene rings is 1. The summed E-state index contributed by atoms with van der Waals surface area (Å²) >= 11 is 1.09. The number of nitriles is 1. The molecule has 0 aliphatic rings. The number of pyridine rings is 2. The van der Waals surface area contributed by atoms with Gasteiger partial charge in [0.2, 0.25) is 5.13 Å². The van der Waals surface area contributed by atoms with Crippen molar-refractivity contribution >= 4 is 22.4 Å². The summed E-state index contributed by atoms with van der Waals surface area (Å²) in [6, 6.07) is 14.6. The van der Waals surface area contributed by atoms with Crippen molar-refractivity contribution < 1.29 is 9.53 Å². The minimum atomic E-state index is -0.388. The number of aryl methyl sites for hydroxylation is 1. The highest BCUT2D eigenvalue weighted by Gasteiger charge is 2.18. The average molecular weight is 452 g/mol. The van der Waals surface area contributed by atoms with Gasteiger partial charge >= 0.3 is 0 Å². The summed E-state index contributed by atoms with van der Waals surface area (Å²) in [6.07, 6.45) is 8.63. The number of hydrogen-bond acceptors (Lipinski definition) is 8. The molecule has 3 aromatic heterocycles. The van der Waals surface area contributed by atoms with Gasteiger partial charge in [-0.3, -0.25) is 20.1 Å². The summed E-state index contributed by atoms with van der Waals surface area (Å²) in [5.41, 5.74) is 4.36. The standard InChI is InChI=1S/C24H16N6O2S/c1-3-17-6-4-5-7-19(17)20-10-15(2)26-13-21(20)22(31)28-23-29-30-24(33-23)32-14-18-9-8-16(11-25)12-27-18/h1,4-10,12-13H,14H2,2H3,(H,28,29,31).